The minimum atomic E-state index is -0.531. The summed E-state index contributed by atoms with van der Waals surface area (Å²) in [6.07, 6.45) is 4.45. The molecule has 1 aliphatic heterocycles. The van der Waals surface area contributed by atoms with Crippen molar-refractivity contribution in [1.82, 2.24) is 19.5 Å². The van der Waals surface area contributed by atoms with Gasteiger partial charge in [0.1, 0.15) is 0 Å². The first-order valence-electron chi connectivity index (χ1n) is 18.6. The fraction of sp³-hybridized carbons (Fsp3) is 0.0600. The Labute approximate surface area is 313 Å². The Morgan fingerprint density at radius 2 is 1.19 bits per heavy atom. The number of hydrogen-bond donors (Lipinski definition) is 0. The highest BCUT2D eigenvalue weighted by Crippen LogP contribution is 2.60. The molecule has 2 aromatic heterocycles. The minimum absolute atomic E-state index is 0.531. The van der Waals surface area contributed by atoms with E-state index in [1.807, 2.05) is 18.2 Å². The highest BCUT2D eigenvalue weighted by molar-refractivity contribution is 6.14. The van der Waals surface area contributed by atoms with Crippen LogP contribution in [0.2, 0.25) is 0 Å². The van der Waals surface area contributed by atoms with Gasteiger partial charge >= 0.3 is 0 Å². The Balaban J connectivity index is 1.27. The van der Waals surface area contributed by atoms with Gasteiger partial charge in [-0.2, -0.15) is 0 Å². The molecule has 11 rings (SSSR count). The molecule has 1 aliphatic carbocycles. The van der Waals surface area contributed by atoms with E-state index in [1.54, 1.807) is 0 Å². The van der Waals surface area contributed by atoms with E-state index in [9.17, 15) is 0 Å². The second-order valence-electron chi connectivity index (χ2n) is 14.4. The van der Waals surface area contributed by atoms with Crippen molar-refractivity contribution in [3.8, 4) is 39.9 Å². The van der Waals surface area contributed by atoms with Gasteiger partial charge in [-0.1, -0.05) is 140 Å². The van der Waals surface area contributed by atoms with E-state index in [0.717, 1.165) is 22.1 Å². The third kappa shape index (κ3) is 4.16. The first kappa shape index (κ1) is 30.7. The molecule has 54 heavy (non-hydrogen) atoms. The third-order valence-corrected chi connectivity index (χ3v) is 11.6. The second kappa shape index (κ2) is 11.5. The maximum atomic E-state index is 5.31. The number of allylic oxidation sites excluding steroid dienone is 4. The van der Waals surface area contributed by atoms with Crippen LogP contribution >= 0.6 is 0 Å². The van der Waals surface area contributed by atoms with Crippen LogP contribution in [0.5, 0.6) is 0 Å². The van der Waals surface area contributed by atoms with Gasteiger partial charge in [0.25, 0.3) is 0 Å². The van der Waals surface area contributed by atoms with Crippen LogP contribution in [0.4, 0.5) is 0 Å². The molecule has 0 fully saturated rings. The van der Waals surface area contributed by atoms with Crippen LogP contribution in [0.1, 0.15) is 36.1 Å². The van der Waals surface area contributed by atoms with Crippen LogP contribution < -0.4 is 0 Å². The van der Waals surface area contributed by atoms with Gasteiger partial charge in [0.15, 0.2) is 17.5 Å². The normalized spacial score (nSPS) is 15.9. The van der Waals surface area contributed by atoms with E-state index < -0.39 is 5.41 Å². The van der Waals surface area contributed by atoms with Gasteiger partial charge in [-0.05, 0) is 88.4 Å². The molecule has 2 aliphatic rings. The lowest BCUT2D eigenvalue weighted by Gasteiger charge is -2.40. The quantitative estimate of drug-likeness (QED) is 0.185. The van der Waals surface area contributed by atoms with Crippen molar-refractivity contribution in [1.29, 1.82) is 0 Å². The van der Waals surface area contributed by atoms with Crippen molar-refractivity contribution in [2.75, 3.05) is 0 Å². The molecule has 0 radical (unpaired) electrons. The summed E-state index contributed by atoms with van der Waals surface area (Å²) in [5.74, 6) is 1.95. The monoisotopic (exact) mass is 690 g/mol. The molecular formula is C50H34N4. The Morgan fingerprint density at radius 3 is 2.02 bits per heavy atom. The van der Waals surface area contributed by atoms with Crippen molar-refractivity contribution in [3.05, 3.63) is 198 Å². The molecule has 0 N–H and O–H groups in total. The number of para-hydroxylation sites is 2. The summed E-state index contributed by atoms with van der Waals surface area (Å²) < 4.78 is 2.48. The van der Waals surface area contributed by atoms with Crippen LogP contribution in [-0.4, -0.2) is 19.5 Å². The van der Waals surface area contributed by atoms with Gasteiger partial charge in [0, 0.05) is 27.5 Å². The van der Waals surface area contributed by atoms with Crippen molar-refractivity contribution in [2.45, 2.75) is 19.3 Å². The Morgan fingerprint density at radius 1 is 0.519 bits per heavy atom. The standard InChI is InChI=1S/C50H34N4/c1-3-15-37-31(2)50(41-22-11-9-20-38(37)41)42-23-12-14-25-45(42)54-44-24-13-10-21-39(44)40-29-36(30-43(50)46(40)54)49-52-47(33-17-5-4-6-18-33)51-48(53-49)35-27-26-32-16-7-8-19-34(32)28-35/h3-30H,1-2H3/b15-3-. The molecular weight excluding hydrogens is 657 g/mol. The van der Waals surface area contributed by atoms with Crippen LogP contribution in [0.15, 0.2) is 175 Å². The van der Waals surface area contributed by atoms with Crippen LogP contribution in [0.3, 0.4) is 0 Å². The zero-order valence-corrected chi connectivity index (χ0v) is 30.0. The largest absolute Gasteiger partial charge is 0.309 e. The molecule has 7 aromatic carbocycles. The number of hydrogen-bond acceptors (Lipinski definition) is 3. The molecule has 0 bridgehead atoms. The van der Waals surface area contributed by atoms with Gasteiger partial charge in [0.05, 0.1) is 22.1 Å². The van der Waals surface area contributed by atoms with Gasteiger partial charge < -0.3 is 4.57 Å². The molecule has 9 aromatic rings. The predicted octanol–water partition coefficient (Wildman–Crippen LogP) is 12.1. The molecule has 254 valence electrons. The number of nitrogens with zero attached hydrogens (tertiary/aromatic N) is 4. The van der Waals surface area contributed by atoms with Gasteiger partial charge in [0.2, 0.25) is 0 Å². The van der Waals surface area contributed by atoms with E-state index in [2.05, 4.69) is 170 Å². The molecule has 1 spiro atoms. The summed E-state index contributed by atoms with van der Waals surface area (Å²) in [7, 11) is 0. The summed E-state index contributed by atoms with van der Waals surface area (Å²) in [4.78, 5) is 15.7. The SMILES string of the molecule is C/C=C\C1=C(C)C2(c3ccccc31)c1ccccc1-n1c3ccccc3c3cc(-c4nc(-c5ccccc5)nc(-c5ccc6ccccc6c5)n4)cc2c31. The van der Waals surface area contributed by atoms with E-state index in [1.165, 1.54) is 66.3 Å². The first-order chi connectivity index (χ1) is 26.6. The maximum absolute atomic E-state index is 5.31. The highest BCUT2D eigenvalue weighted by Gasteiger charge is 2.50. The zero-order chi connectivity index (χ0) is 36.0. The summed E-state index contributed by atoms with van der Waals surface area (Å²) in [6.45, 7) is 4.44. The Hall–Kier alpha value is -6.91. The number of fused-ring (bicyclic) bond motifs is 10. The number of benzene rings is 7. The highest BCUT2D eigenvalue weighted by atomic mass is 15.0. The molecule has 0 amide bonds. The predicted molar refractivity (Wildman–Crippen MR) is 222 cm³/mol. The van der Waals surface area contributed by atoms with Crippen LogP contribution in [-0.2, 0) is 5.41 Å². The van der Waals surface area contributed by atoms with Gasteiger partial charge in [-0.15, -0.1) is 0 Å². The second-order valence-corrected chi connectivity index (χ2v) is 14.4. The summed E-state index contributed by atoms with van der Waals surface area (Å²) >= 11 is 0. The van der Waals surface area contributed by atoms with Crippen molar-refractivity contribution >= 4 is 38.2 Å². The first-order valence-corrected chi connectivity index (χ1v) is 18.6. The Bertz CT molecular complexity index is 3080. The molecule has 0 saturated heterocycles. The smallest absolute Gasteiger partial charge is 0.164 e. The van der Waals surface area contributed by atoms with E-state index >= 15 is 0 Å². The van der Waals surface area contributed by atoms with Crippen molar-refractivity contribution in [3.63, 3.8) is 0 Å². The molecule has 4 nitrogen and oxygen atoms in total. The summed E-state index contributed by atoms with van der Waals surface area (Å²) in [5, 5.41) is 4.72. The number of rotatable bonds is 4. The molecule has 1 atom stereocenters. The van der Waals surface area contributed by atoms with Gasteiger partial charge in [-0.3, -0.25) is 0 Å². The zero-order valence-electron chi connectivity index (χ0n) is 30.0. The maximum Gasteiger partial charge on any atom is 0.164 e. The average molecular weight is 691 g/mol. The van der Waals surface area contributed by atoms with Crippen molar-refractivity contribution in [2.24, 2.45) is 0 Å². The fourth-order valence-corrected chi connectivity index (χ4v) is 9.30. The molecule has 1 unspecified atom stereocenters. The lowest BCUT2D eigenvalue weighted by molar-refractivity contribution is 0.726. The molecule has 3 heterocycles. The van der Waals surface area contributed by atoms with E-state index in [0.29, 0.717) is 17.5 Å². The third-order valence-electron chi connectivity index (χ3n) is 11.6. The van der Waals surface area contributed by atoms with E-state index in [4.69, 9.17) is 15.0 Å². The van der Waals surface area contributed by atoms with E-state index in [-0.39, 0.29) is 0 Å². The lowest BCUT2D eigenvalue weighted by Crippen LogP contribution is -2.34. The summed E-state index contributed by atoms with van der Waals surface area (Å²) in [5.41, 5.74) is 13.7. The topological polar surface area (TPSA) is 43.6 Å². The summed E-state index contributed by atoms with van der Waals surface area (Å²) in [6, 6.07) is 56.5. The average Bonchev–Trinajstić information content (AvgIpc) is 3.70. The fourth-order valence-electron chi connectivity index (χ4n) is 9.30. The molecule has 0 saturated carbocycles. The lowest BCUT2D eigenvalue weighted by atomic mass is 9.64. The van der Waals surface area contributed by atoms with Gasteiger partial charge in [-0.25, -0.2) is 15.0 Å². The minimum Gasteiger partial charge on any atom is -0.309 e. The van der Waals surface area contributed by atoms with Crippen LogP contribution in [0, 0.1) is 0 Å². The van der Waals surface area contributed by atoms with Crippen molar-refractivity contribution < 1.29 is 0 Å². The Kier molecular flexibility index (Phi) is 6.56. The van der Waals surface area contributed by atoms with Crippen LogP contribution in [0.25, 0.3) is 78.0 Å². The molecule has 4 heteroatoms. The number of aromatic nitrogens is 4.